The minimum absolute atomic E-state index is 0.0703. The Morgan fingerprint density at radius 3 is 2.79 bits per heavy atom. The van der Waals surface area contributed by atoms with Crippen LogP contribution in [0.25, 0.3) is 0 Å². The molecule has 2 aromatic heterocycles. The first-order chi connectivity index (χ1) is 9.04. The van der Waals surface area contributed by atoms with E-state index in [0.717, 1.165) is 28.0 Å². The lowest BCUT2D eigenvalue weighted by Gasteiger charge is -2.06. The van der Waals surface area contributed by atoms with Gasteiger partial charge in [0.2, 0.25) is 0 Å². The lowest BCUT2D eigenvalue weighted by Crippen LogP contribution is -2.11. The largest absolute Gasteiger partial charge is 0.294 e. The predicted molar refractivity (Wildman–Crippen MR) is 77.3 cm³/mol. The molecule has 0 atom stereocenters. The minimum atomic E-state index is 0.0703. The Hall–Kier alpha value is -1.49. The van der Waals surface area contributed by atoms with E-state index in [4.69, 9.17) is 0 Å². The van der Waals surface area contributed by atoms with E-state index in [-0.39, 0.29) is 5.78 Å². The molecule has 0 aromatic carbocycles. The summed E-state index contributed by atoms with van der Waals surface area (Å²) in [5, 5.41) is 4.40. The fraction of sp³-hybridized carbons (Fsp3) is 0.357. The minimum Gasteiger partial charge on any atom is -0.294 e. The van der Waals surface area contributed by atoms with Crippen LogP contribution in [0.3, 0.4) is 0 Å². The van der Waals surface area contributed by atoms with Crippen LogP contribution >= 0.6 is 15.9 Å². The van der Waals surface area contributed by atoms with Gasteiger partial charge in [0, 0.05) is 24.5 Å². The topological polar surface area (TPSA) is 47.8 Å². The maximum atomic E-state index is 12.4. The number of carbonyl (C=O) groups is 1. The number of hydrogen-bond acceptors (Lipinski definition) is 3. The highest BCUT2D eigenvalue weighted by atomic mass is 79.9. The smallest absolute Gasteiger partial charge is 0.170 e. The molecule has 0 radical (unpaired) electrons. The van der Waals surface area contributed by atoms with Crippen molar-refractivity contribution in [3.05, 3.63) is 45.4 Å². The molecule has 19 heavy (non-hydrogen) atoms. The quantitative estimate of drug-likeness (QED) is 0.813. The van der Waals surface area contributed by atoms with Crippen LogP contribution in [0.15, 0.2) is 22.9 Å². The van der Waals surface area contributed by atoms with Crippen molar-refractivity contribution in [1.29, 1.82) is 0 Å². The fourth-order valence-electron chi connectivity index (χ4n) is 2.04. The molecule has 0 bridgehead atoms. The maximum Gasteiger partial charge on any atom is 0.170 e. The van der Waals surface area contributed by atoms with Crippen molar-refractivity contribution in [2.75, 3.05) is 0 Å². The molecule has 2 aromatic rings. The van der Waals surface area contributed by atoms with Crippen molar-refractivity contribution in [1.82, 2.24) is 14.8 Å². The van der Waals surface area contributed by atoms with Gasteiger partial charge in [-0.05, 0) is 48.3 Å². The van der Waals surface area contributed by atoms with E-state index in [1.54, 1.807) is 12.4 Å². The second kappa shape index (κ2) is 5.65. The standard InChI is InChI=1S/C14H16BrN3O/c1-4-18-12(14(15)10(3)17-18)7-13(19)11-8-16-6-5-9(11)2/h5-6,8H,4,7H2,1-3H3. The first kappa shape index (κ1) is 13.9. The second-order valence-electron chi connectivity index (χ2n) is 4.45. The van der Waals surface area contributed by atoms with Gasteiger partial charge in [-0.3, -0.25) is 14.5 Å². The first-order valence-electron chi connectivity index (χ1n) is 6.20. The van der Waals surface area contributed by atoms with Crippen molar-refractivity contribution in [3.8, 4) is 0 Å². The number of aryl methyl sites for hydroxylation is 3. The summed E-state index contributed by atoms with van der Waals surface area (Å²) >= 11 is 3.51. The Morgan fingerprint density at radius 1 is 1.42 bits per heavy atom. The number of hydrogen-bond donors (Lipinski definition) is 0. The van der Waals surface area contributed by atoms with Crippen molar-refractivity contribution >= 4 is 21.7 Å². The molecule has 5 heteroatoms. The average molecular weight is 322 g/mol. The van der Waals surface area contributed by atoms with Crippen LogP contribution in [0.5, 0.6) is 0 Å². The summed E-state index contributed by atoms with van der Waals surface area (Å²) in [6, 6.07) is 1.85. The van der Waals surface area contributed by atoms with E-state index >= 15 is 0 Å². The van der Waals surface area contributed by atoms with E-state index in [9.17, 15) is 4.79 Å². The van der Waals surface area contributed by atoms with E-state index in [0.29, 0.717) is 12.0 Å². The molecule has 0 aliphatic rings. The van der Waals surface area contributed by atoms with Crippen LogP contribution in [-0.2, 0) is 13.0 Å². The summed E-state index contributed by atoms with van der Waals surface area (Å²) in [6.07, 6.45) is 3.66. The summed E-state index contributed by atoms with van der Waals surface area (Å²) in [5.41, 5.74) is 3.46. The molecule has 0 unspecified atom stereocenters. The van der Waals surface area contributed by atoms with E-state index in [1.165, 1.54) is 0 Å². The van der Waals surface area contributed by atoms with Crippen molar-refractivity contribution < 1.29 is 4.79 Å². The van der Waals surface area contributed by atoms with Gasteiger partial charge < -0.3 is 0 Å². The van der Waals surface area contributed by atoms with Crippen molar-refractivity contribution in [2.45, 2.75) is 33.7 Å². The van der Waals surface area contributed by atoms with Crippen molar-refractivity contribution in [2.24, 2.45) is 0 Å². The average Bonchev–Trinajstić information content (AvgIpc) is 2.67. The third-order valence-corrected chi connectivity index (χ3v) is 4.15. The van der Waals surface area contributed by atoms with Gasteiger partial charge in [-0.25, -0.2) is 0 Å². The van der Waals surface area contributed by atoms with Gasteiger partial charge in [-0.1, -0.05) is 0 Å². The van der Waals surface area contributed by atoms with Crippen LogP contribution in [0.4, 0.5) is 0 Å². The number of halogens is 1. The molecule has 100 valence electrons. The molecule has 0 amide bonds. The van der Waals surface area contributed by atoms with E-state index in [1.807, 2.05) is 31.5 Å². The van der Waals surface area contributed by atoms with Gasteiger partial charge in [0.1, 0.15) is 0 Å². The Bertz CT molecular complexity index is 619. The zero-order valence-electron chi connectivity index (χ0n) is 11.3. The molecular formula is C14H16BrN3O. The molecule has 0 aliphatic carbocycles. The molecule has 0 saturated carbocycles. The lowest BCUT2D eigenvalue weighted by atomic mass is 10.0. The highest BCUT2D eigenvalue weighted by Crippen LogP contribution is 2.23. The van der Waals surface area contributed by atoms with Crippen LogP contribution in [0, 0.1) is 13.8 Å². The summed E-state index contributed by atoms with van der Waals surface area (Å²) in [7, 11) is 0. The molecule has 0 saturated heterocycles. The predicted octanol–water partition coefficient (Wildman–Crippen LogP) is 3.10. The van der Waals surface area contributed by atoms with Crippen LogP contribution in [0.1, 0.15) is 34.2 Å². The number of carbonyl (C=O) groups excluding carboxylic acids is 1. The van der Waals surface area contributed by atoms with E-state index in [2.05, 4.69) is 26.0 Å². The SMILES string of the molecule is CCn1nc(C)c(Br)c1CC(=O)c1cnccc1C. The molecule has 2 rings (SSSR count). The maximum absolute atomic E-state index is 12.4. The van der Waals surface area contributed by atoms with Gasteiger partial charge in [-0.15, -0.1) is 0 Å². The third-order valence-electron chi connectivity index (χ3n) is 3.12. The first-order valence-corrected chi connectivity index (χ1v) is 6.99. The zero-order chi connectivity index (χ0) is 14.0. The van der Waals surface area contributed by atoms with Crippen LogP contribution in [0.2, 0.25) is 0 Å². The highest BCUT2D eigenvalue weighted by molar-refractivity contribution is 9.10. The number of pyridine rings is 1. The highest BCUT2D eigenvalue weighted by Gasteiger charge is 2.17. The zero-order valence-corrected chi connectivity index (χ0v) is 12.9. The van der Waals surface area contributed by atoms with Gasteiger partial charge in [0.25, 0.3) is 0 Å². The van der Waals surface area contributed by atoms with Crippen molar-refractivity contribution in [3.63, 3.8) is 0 Å². The summed E-state index contributed by atoms with van der Waals surface area (Å²) in [4.78, 5) is 16.4. The Balaban J connectivity index is 2.32. The molecule has 0 spiro atoms. The molecule has 0 N–H and O–H groups in total. The third kappa shape index (κ3) is 2.76. The number of nitrogens with zero attached hydrogens (tertiary/aromatic N) is 3. The summed E-state index contributed by atoms with van der Waals surface area (Å²) in [5.74, 6) is 0.0703. The summed E-state index contributed by atoms with van der Waals surface area (Å²) < 4.78 is 2.78. The number of aromatic nitrogens is 3. The second-order valence-corrected chi connectivity index (χ2v) is 5.25. The molecule has 0 aliphatic heterocycles. The summed E-state index contributed by atoms with van der Waals surface area (Å²) in [6.45, 7) is 6.62. The molecular weight excluding hydrogens is 306 g/mol. The number of Topliss-reactive ketones (excluding diaryl/α,β-unsaturated/α-hetero) is 1. The fourth-order valence-corrected chi connectivity index (χ4v) is 2.47. The number of rotatable bonds is 4. The Labute approximate surface area is 121 Å². The van der Waals surface area contributed by atoms with Gasteiger partial charge in [0.05, 0.1) is 22.3 Å². The lowest BCUT2D eigenvalue weighted by molar-refractivity contribution is 0.0989. The van der Waals surface area contributed by atoms with E-state index < -0.39 is 0 Å². The van der Waals surface area contributed by atoms with Gasteiger partial charge >= 0.3 is 0 Å². The molecule has 4 nitrogen and oxygen atoms in total. The number of ketones is 1. The van der Waals surface area contributed by atoms with Crippen LogP contribution < -0.4 is 0 Å². The molecule has 0 fully saturated rings. The monoisotopic (exact) mass is 321 g/mol. The normalized spacial score (nSPS) is 10.7. The van der Waals surface area contributed by atoms with Gasteiger partial charge in [0.15, 0.2) is 5.78 Å². The van der Waals surface area contributed by atoms with Gasteiger partial charge in [-0.2, -0.15) is 5.10 Å². The Kier molecular flexibility index (Phi) is 4.14. The molecule has 2 heterocycles. The van der Waals surface area contributed by atoms with Crippen LogP contribution in [-0.4, -0.2) is 20.5 Å². The Morgan fingerprint density at radius 2 is 2.16 bits per heavy atom.